The third kappa shape index (κ3) is 3.49. The molecule has 0 amide bonds. The van der Waals surface area contributed by atoms with Crippen LogP contribution < -0.4 is 5.32 Å². The molecule has 0 spiro atoms. The van der Waals surface area contributed by atoms with Crippen LogP contribution in [0.15, 0.2) is 47.5 Å². The molecule has 20 heavy (non-hydrogen) atoms. The number of aromatic nitrogens is 2. The highest BCUT2D eigenvalue weighted by Crippen LogP contribution is 2.37. The molecule has 0 atom stereocenters. The van der Waals surface area contributed by atoms with Gasteiger partial charge in [-0.05, 0) is 49.4 Å². The summed E-state index contributed by atoms with van der Waals surface area (Å²) in [7, 11) is 0. The zero-order valence-corrected chi connectivity index (χ0v) is 13.1. The Kier molecular flexibility index (Phi) is 4.53. The van der Waals surface area contributed by atoms with Crippen LogP contribution in [0.3, 0.4) is 0 Å². The first-order chi connectivity index (χ1) is 9.81. The van der Waals surface area contributed by atoms with Gasteiger partial charge in [0.05, 0.1) is 6.33 Å². The standard InChI is InChI=1S/C16H20BrN3/c17-15-4-2-13(3-5-15)14-10-16(11-14)19-6-1-8-20-9-7-18-12-20/h2-5,7,9,12,14,16,19H,1,6,8,10-11H2. The monoisotopic (exact) mass is 333 g/mol. The van der Waals surface area contributed by atoms with E-state index in [-0.39, 0.29) is 0 Å². The van der Waals surface area contributed by atoms with E-state index in [4.69, 9.17) is 0 Å². The molecular formula is C16H20BrN3. The molecule has 4 heteroatoms. The molecule has 106 valence electrons. The van der Waals surface area contributed by atoms with Crippen molar-refractivity contribution in [2.45, 2.75) is 37.8 Å². The Balaban J connectivity index is 1.33. The summed E-state index contributed by atoms with van der Waals surface area (Å²) in [4.78, 5) is 4.05. The van der Waals surface area contributed by atoms with Gasteiger partial charge in [-0.3, -0.25) is 0 Å². The highest BCUT2D eigenvalue weighted by atomic mass is 79.9. The van der Waals surface area contributed by atoms with E-state index < -0.39 is 0 Å². The number of imidazole rings is 1. The highest BCUT2D eigenvalue weighted by Gasteiger charge is 2.29. The maximum Gasteiger partial charge on any atom is 0.0945 e. The molecule has 0 aliphatic heterocycles. The Morgan fingerprint density at radius 2 is 2.05 bits per heavy atom. The lowest BCUT2D eigenvalue weighted by Gasteiger charge is -2.36. The van der Waals surface area contributed by atoms with E-state index in [9.17, 15) is 0 Å². The summed E-state index contributed by atoms with van der Waals surface area (Å²) in [5.74, 6) is 0.745. The molecule has 0 radical (unpaired) electrons. The highest BCUT2D eigenvalue weighted by molar-refractivity contribution is 9.10. The largest absolute Gasteiger partial charge is 0.337 e. The van der Waals surface area contributed by atoms with Crippen molar-refractivity contribution in [3.8, 4) is 0 Å². The lowest BCUT2D eigenvalue weighted by atomic mass is 9.76. The van der Waals surface area contributed by atoms with E-state index in [0.717, 1.165) is 29.9 Å². The number of aryl methyl sites for hydroxylation is 1. The van der Waals surface area contributed by atoms with Gasteiger partial charge in [0.15, 0.2) is 0 Å². The number of rotatable bonds is 6. The maximum atomic E-state index is 4.05. The first kappa shape index (κ1) is 13.8. The number of hydrogen-bond donors (Lipinski definition) is 1. The zero-order chi connectivity index (χ0) is 13.8. The molecule has 1 aromatic heterocycles. The molecule has 1 N–H and O–H groups in total. The maximum absolute atomic E-state index is 4.05. The van der Waals surface area contributed by atoms with Crippen molar-refractivity contribution in [3.63, 3.8) is 0 Å². The molecule has 1 aliphatic carbocycles. The van der Waals surface area contributed by atoms with Gasteiger partial charge in [-0.2, -0.15) is 0 Å². The van der Waals surface area contributed by atoms with E-state index in [0.29, 0.717) is 6.04 Å². The minimum atomic E-state index is 0.700. The number of benzene rings is 1. The summed E-state index contributed by atoms with van der Waals surface area (Å²) in [6.45, 7) is 2.14. The van der Waals surface area contributed by atoms with Crippen molar-refractivity contribution in [2.24, 2.45) is 0 Å². The summed E-state index contributed by atoms with van der Waals surface area (Å²) in [5.41, 5.74) is 1.48. The van der Waals surface area contributed by atoms with Gasteiger partial charge in [0.1, 0.15) is 0 Å². The summed E-state index contributed by atoms with van der Waals surface area (Å²) < 4.78 is 3.29. The van der Waals surface area contributed by atoms with Crippen LogP contribution in [0.2, 0.25) is 0 Å². The predicted molar refractivity (Wildman–Crippen MR) is 84.8 cm³/mol. The van der Waals surface area contributed by atoms with E-state index in [1.807, 2.05) is 18.7 Å². The Morgan fingerprint density at radius 3 is 2.75 bits per heavy atom. The Hall–Kier alpha value is -1.13. The van der Waals surface area contributed by atoms with Crippen LogP contribution in [0.5, 0.6) is 0 Å². The molecule has 1 saturated carbocycles. The SMILES string of the molecule is Brc1ccc(C2CC(NCCCn3ccnc3)C2)cc1. The Labute approximate surface area is 128 Å². The third-order valence-corrected chi connectivity index (χ3v) is 4.59. The lowest BCUT2D eigenvalue weighted by molar-refractivity contribution is 0.289. The summed E-state index contributed by atoms with van der Waals surface area (Å²) >= 11 is 3.49. The van der Waals surface area contributed by atoms with Crippen molar-refractivity contribution in [2.75, 3.05) is 6.54 Å². The number of nitrogens with zero attached hydrogens (tertiary/aromatic N) is 2. The average Bonchev–Trinajstić information content (AvgIpc) is 2.91. The molecule has 1 aliphatic rings. The molecule has 0 saturated heterocycles. The van der Waals surface area contributed by atoms with Gasteiger partial charge in [0.25, 0.3) is 0 Å². The topological polar surface area (TPSA) is 29.9 Å². The fourth-order valence-electron chi connectivity index (χ4n) is 2.78. The molecular weight excluding hydrogens is 314 g/mol. The second-order valence-corrected chi connectivity index (χ2v) is 6.44. The molecule has 2 aromatic rings. The third-order valence-electron chi connectivity index (χ3n) is 4.06. The van der Waals surface area contributed by atoms with Gasteiger partial charge in [-0.25, -0.2) is 4.98 Å². The fourth-order valence-corrected chi connectivity index (χ4v) is 3.04. The smallest absolute Gasteiger partial charge is 0.0945 e. The van der Waals surface area contributed by atoms with Gasteiger partial charge in [-0.15, -0.1) is 0 Å². The first-order valence-electron chi connectivity index (χ1n) is 7.26. The molecule has 0 unspecified atom stereocenters. The van der Waals surface area contributed by atoms with Crippen molar-refractivity contribution < 1.29 is 0 Å². The molecule has 3 nitrogen and oxygen atoms in total. The van der Waals surface area contributed by atoms with Crippen LogP contribution in [-0.2, 0) is 6.54 Å². The second kappa shape index (κ2) is 6.55. The minimum Gasteiger partial charge on any atom is -0.337 e. The van der Waals surface area contributed by atoms with E-state index in [2.05, 4.69) is 55.1 Å². The van der Waals surface area contributed by atoms with Crippen LogP contribution in [0.4, 0.5) is 0 Å². The lowest BCUT2D eigenvalue weighted by Crippen LogP contribution is -2.40. The number of halogens is 1. The Bertz CT molecular complexity index is 515. The van der Waals surface area contributed by atoms with Crippen LogP contribution in [0.1, 0.15) is 30.7 Å². The van der Waals surface area contributed by atoms with Gasteiger partial charge in [0, 0.05) is 29.5 Å². The Morgan fingerprint density at radius 1 is 1.25 bits per heavy atom. The van der Waals surface area contributed by atoms with E-state index in [1.165, 1.54) is 18.4 Å². The first-order valence-corrected chi connectivity index (χ1v) is 8.05. The van der Waals surface area contributed by atoms with Crippen molar-refractivity contribution in [1.29, 1.82) is 0 Å². The summed E-state index contributed by atoms with van der Waals surface area (Å²) in [5, 5.41) is 3.65. The molecule has 3 rings (SSSR count). The van der Waals surface area contributed by atoms with Crippen LogP contribution in [0, 0.1) is 0 Å². The van der Waals surface area contributed by atoms with E-state index >= 15 is 0 Å². The van der Waals surface area contributed by atoms with Gasteiger partial charge >= 0.3 is 0 Å². The molecule has 0 bridgehead atoms. The average molecular weight is 334 g/mol. The van der Waals surface area contributed by atoms with Crippen LogP contribution in [0.25, 0.3) is 0 Å². The number of nitrogens with one attached hydrogen (secondary N) is 1. The molecule has 1 aromatic carbocycles. The van der Waals surface area contributed by atoms with Gasteiger partial charge < -0.3 is 9.88 Å². The quantitative estimate of drug-likeness (QED) is 0.819. The second-order valence-electron chi connectivity index (χ2n) is 5.52. The normalized spacial score (nSPS) is 21.6. The number of hydrogen-bond acceptors (Lipinski definition) is 2. The molecule has 1 heterocycles. The minimum absolute atomic E-state index is 0.700. The summed E-state index contributed by atoms with van der Waals surface area (Å²) in [6, 6.07) is 9.46. The van der Waals surface area contributed by atoms with Crippen LogP contribution in [-0.4, -0.2) is 22.1 Å². The zero-order valence-electron chi connectivity index (χ0n) is 11.5. The molecule has 1 fully saturated rings. The van der Waals surface area contributed by atoms with Crippen molar-refractivity contribution >= 4 is 15.9 Å². The van der Waals surface area contributed by atoms with Crippen molar-refractivity contribution in [3.05, 3.63) is 53.0 Å². The fraction of sp³-hybridized carbons (Fsp3) is 0.438. The van der Waals surface area contributed by atoms with Gasteiger partial charge in [0.2, 0.25) is 0 Å². The summed E-state index contributed by atoms with van der Waals surface area (Å²) in [6.07, 6.45) is 9.44. The van der Waals surface area contributed by atoms with Crippen LogP contribution >= 0.6 is 15.9 Å². The van der Waals surface area contributed by atoms with Gasteiger partial charge in [-0.1, -0.05) is 28.1 Å². The van der Waals surface area contributed by atoms with Crippen molar-refractivity contribution in [1.82, 2.24) is 14.9 Å². The van der Waals surface area contributed by atoms with E-state index in [1.54, 1.807) is 0 Å². The predicted octanol–water partition coefficient (Wildman–Crippen LogP) is 3.57.